The summed E-state index contributed by atoms with van der Waals surface area (Å²) in [4.78, 5) is 13.3. The molecule has 0 aliphatic carbocycles. The number of hydrogen-bond donors (Lipinski definition) is 0. The molecule has 2 heteroatoms. The van der Waals surface area contributed by atoms with Gasteiger partial charge in [0.25, 0.3) is 0 Å². The lowest BCUT2D eigenvalue weighted by molar-refractivity contribution is 0.466. The van der Waals surface area contributed by atoms with Crippen LogP contribution in [0.4, 0.5) is 0 Å². The fraction of sp³-hybridized carbons (Fsp3) is 0.857. The van der Waals surface area contributed by atoms with Crippen molar-refractivity contribution in [2.75, 3.05) is 0 Å². The Hall–Kier alpha value is -0.620. The molecule has 0 aliphatic heterocycles. The molecule has 52 valence electrons. The van der Waals surface area contributed by atoms with Gasteiger partial charge in [-0.05, 0) is 12.8 Å². The molecular formula is C7H13NO. The third-order valence-electron chi connectivity index (χ3n) is 1.72. The maximum absolute atomic E-state index is 9.74. The van der Waals surface area contributed by atoms with Crippen LogP contribution in [0, 0.1) is 5.92 Å². The van der Waals surface area contributed by atoms with E-state index in [-0.39, 0.29) is 6.04 Å². The van der Waals surface area contributed by atoms with Crippen molar-refractivity contribution in [3.63, 3.8) is 0 Å². The third-order valence-corrected chi connectivity index (χ3v) is 1.72. The minimum Gasteiger partial charge on any atom is -0.211 e. The van der Waals surface area contributed by atoms with Crippen LogP contribution in [0.2, 0.25) is 0 Å². The van der Waals surface area contributed by atoms with Crippen LogP contribution in [0.3, 0.4) is 0 Å². The molecule has 0 saturated heterocycles. The minimum absolute atomic E-state index is 0.132. The van der Waals surface area contributed by atoms with Crippen LogP contribution in [0.1, 0.15) is 27.2 Å². The van der Waals surface area contributed by atoms with Gasteiger partial charge in [-0.3, -0.25) is 0 Å². The molecule has 0 heterocycles. The van der Waals surface area contributed by atoms with Crippen molar-refractivity contribution in [3.8, 4) is 0 Å². The first-order valence-electron chi connectivity index (χ1n) is 3.29. The number of rotatable bonds is 3. The van der Waals surface area contributed by atoms with Gasteiger partial charge >= 0.3 is 0 Å². The Labute approximate surface area is 56.0 Å². The van der Waals surface area contributed by atoms with Gasteiger partial charge in [-0.25, -0.2) is 9.79 Å². The number of isocyanates is 1. The van der Waals surface area contributed by atoms with Crippen molar-refractivity contribution in [1.29, 1.82) is 0 Å². The average molecular weight is 127 g/mol. The summed E-state index contributed by atoms with van der Waals surface area (Å²) in [5.41, 5.74) is 0. The first-order chi connectivity index (χ1) is 4.22. The molecule has 0 amide bonds. The Bertz CT molecular complexity index is 116. The van der Waals surface area contributed by atoms with Gasteiger partial charge < -0.3 is 0 Å². The van der Waals surface area contributed by atoms with Crippen molar-refractivity contribution in [2.24, 2.45) is 10.9 Å². The molecule has 0 saturated carbocycles. The molecule has 0 rings (SSSR count). The molecule has 2 nitrogen and oxygen atoms in total. The van der Waals surface area contributed by atoms with E-state index in [2.05, 4.69) is 18.8 Å². The summed E-state index contributed by atoms with van der Waals surface area (Å²) in [6.07, 6.45) is 2.62. The quantitative estimate of drug-likeness (QED) is 0.419. The Kier molecular flexibility index (Phi) is 3.98. The summed E-state index contributed by atoms with van der Waals surface area (Å²) in [6.45, 7) is 6.09. The van der Waals surface area contributed by atoms with Crippen LogP contribution in [-0.2, 0) is 4.79 Å². The average Bonchev–Trinajstić information content (AvgIpc) is 1.87. The van der Waals surface area contributed by atoms with Crippen LogP contribution < -0.4 is 0 Å². The zero-order valence-electron chi connectivity index (χ0n) is 6.22. The fourth-order valence-electron chi connectivity index (χ4n) is 0.551. The Morgan fingerprint density at radius 3 is 2.44 bits per heavy atom. The molecule has 9 heavy (non-hydrogen) atoms. The van der Waals surface area contributed by atoms with Crippen LogP contribution in [0.5, 0.6) is 0 Å². The number of aliphatic imine (C=N–C) groups is 1. The van der Waals surface area contributed by atoms with Gasteiger partial charge in [-0.1, -0.05) is 20.3 Å². The van der Waals surface area contributed by atoms with E-state index in [9.17, 15) is 4.79 Å². The highest BCUT2D eigenvalue weighted by molar-refractivity contribution is 5.33. The normalized spacial score (nSPS) is 15.9. The van der Waals surface area contributed by atoms with Gasteiger partial charge in [-0.2, -0.15) is 0 Å². The van der Waals surface area contributed by atoms with Gasteiger partial charge in [0.05, 0.1) is 6.04 Å². The van der Waals surface area contributed by atoms with Crippen molar-refractivity contribution in [2.45, 2.75) is 33.2 Å². The largest absolute Gasteiger partial charge is 0.235 e. The highest BCUT2D eigenvalue weighted by Gasteiger charge is 2.06. The van der Waals surface area contributed by atoms with E-state index >= 15 is 0 Å². The molecule has 0 aliphatic rings. The summed E-state index contributed by atoms with van der Waals surface area (Å²) in [5, 5.41) is 0. The monoisotopic (exact) mass is 127 g/mol. The molecule has 0 radical (unpaired) electrons. The maximum atomic E-state index is 9.74. The van der Waals surface area contributed by atoms with E-state index in [4.69, 9.17) is 0 Å². The number of nitrogens with zero attached hydrogens (tertiary/aromatic N) is 1. The van der Waals surface area contributed by atoms with Crippen molar-refractivity contribution < 1.29 is 4.79 Å². The van der Waals surface area contributed by atoms with Gasteiger partial charge in [0.15, 0.2) is 0 Å². The predicted molar refractivity (Wildman–Crippen MR) is 37.0 cm³/mol. The van der Waals surface area contributed by atoms with Gasteiger partial charge in [-0.15, -0.1) is 0 Å². The van der Waals surface area contributed by atoms with E-state index < -0.39 is 0 Å². The smallest absolute Gasteiger partial charge is 0.211 e. The molecule has 0 spiro atoms. The molecule has 0 aromatic carbocycles. The Morgan fingerprint density at radius 1 is 1.56 bits per heavy atom. The summed E-state index contributed by atoms with van der Waals surface area (Å²) in [7, 11) is 0. The molecular weight excluding hydrogens is 114 g/mol. The predicted octanol–water partition coefficient (Wildman–Crippen LogP) is 1.76. The van der Waals surface area contributed by atoms with E-state index in [1.807, 2.05) is 6.92 Å². The summed E-state index contributed by atoms with van der Waals surface area (Å²) >= 11 is 0. The summed E-state index contributed by atoms with van der Waals surface area (Å²) < 4.78 is 0. The van der Waals surface area contributed by atoms with Gasteiger partial charge in [0.2, 0.25) is 6.08 Å². The molecule has 0 aromatic heterocycles. The first kappa shape index (κ1) is 8.38. The number of hydrogen-bond acceptors (Lipinski definition) is 2. The van der Waals surface area contributed by atoms with Gasteiger partial charge in [0, 0.05) is 0 Å². The van der Waals surface area contributed by atoms with E-state index in [0.29, 0.717) is 5.92 Å². The number of carbonyl (C=O) groups excluding carboxylic acids is 1. The molecule has 0 bridgehead atoms. The van der Waals surface area contributed by atoms with Crippen LogP contribution >= 0.6 is 0 Å². The van der Waals surface area contributed by atoms with Crippen LogP contribution in [-0.4, -0.2) is 12.1 Å². The lowest BCUT2D eigenvalue weighted by Gasteiger charge is -2.09. The zero-order chi connectivity index (χ0) is 7.28. The third kappa shape index (κ3) is 3.04. The minimum atomic E-state index is 0.132. The van der Waals surface area contributed by atoms with Crippen LogP contribution in [0.15, 0.2) is 4.99 Å². The lowest BCUT2D eigenvalue weighted by Crippen LogP contribution is -2.09. The van der Waals surface area contributed by atoms with Crippen molar-refractivity contribution in [3.05, 3.63) is 0 Å². The Morgan fingerprint density at radius 2 is 2.11 bits per heavy atom. The Balaban J connectivity index is 3.71. The lowest BCUT2D eigenvalue weighted by atomic mass is 10.0. The second kappa shape index (κ2) is 4.28. The van der Waals surface area contributed by atoms with E-state index in [1.54, 1.807) is 6.08 Å². The second-order valence-electron chi connectivity index (χ2n) is 2.35. The second-order valence-corrected chi connectivity index (χ2v) is 2.35. The molecule has 0 aromatic rings. The van der Waals surface area contributed by atoms with E-state index in [0.717, 1.165) is 6.42 Å². The molecule has 2 atom stereocenters. The summed E-state index contributed by atoms with van der Waals surface area (Å²) in [6, 6.07) is 0.132. The topological polar surface area (TPSA) is 29.4 Å². The molecule has 2 unspecified atom stereocenters. The van der Waals surface area contributed by atoms with Crippen LogP contribution in [0.25, 0.3) is 0 Å². The highest BCUT2D eigenvalue weighted by Crippen LogP contribution is 2.08. The maximum Gasteiger partial charge on any atom is 0.235 e. The molecule has 0 fully saturated rings. The fourth-order valence-corrected chi connectivity index (χ4v) is 0.551. The SMILES string of the molecule is CCC(C)C(C)N=C=O. The highest BCUT2D eigenvalue weighted by atomic mass is 16.1. The van der Waals surface area contributed by atoms with Crippen molar-refractivity contribution in [1.82, 2.24) is 0 Å². The zero-order valence-corrected chi connectivity index (χ0v) is 6.22. The van der Waals surface area contributed by atoms with Crippen molar-refractivity contribution >= 4 is 6.08 Å². The van der Waals surface area contributed by atoms with Gasteiger partial charge in [0.1, 0.15) is 0 Å². The van der Waals surface area contributed by atoms with E-state index in [1.165, 1.54) is 0 Å². The summed E-state index contributed by atoms with van der Waals surface area (Å²) in [5.74, 6) is 0.492. The standard InChI is InChI=1S/C7H13NO/c1-4-6(2)7(3)8-5-9/h6-7H,4H2,1-3H3. The first-order valence-corrected chi connectivity index (χ1v) is 3.29. The molecule has 0 N–H and O–H groups in total.